The Balaban J connectivity index is 1.60. The summed E-state index contributed by atoms with van der Waals surface area (Å²) < 4.78 is 19.0. The van der Waals surface area contributed by atoms with Crippen LogP contribution in [0.2, 0.25) is 0 Å². The molecule has 0 bridgehead atoms. The van der Waals surface area contributed by atoms with Crippen LogP contribution < -0.4 is 19.6 Å². The van der Waals surface area contributed by atoms with Gasteiger partial charge >= 0.3 is 5.97 Å². The number of para-hydroxylation sites is 1. The third kappa shape index (κ3) is 5.40. The van der Waals surface area contributed by atoms with Crippen LogP contribution in [0, 0.1) is 0 Å². The summed E-state index contributed by atoms with van der Waals surface area (Å²) >= 11 is 1.31. The van der Waals surface area contributed by atoms with Gasteiger partial charge in [0.2, 0.25) is 0 Å². The first-order chi connectivity index (χ1) is 20.9. The van der Waals surface area contributed by atoms with Crippen LogP contribution in [0.1, 0.15) is 37.9 Å². The van der Waals surface area contributed by atoms with Crippen molar-refractivity contribution in [2.24, 2.45) is 4.99 Å². The number of allylic oxidation sites excluding steroid dienone is 1. The minimum absolute atomic E-state index is 0.0849. The van der Waals surface area contributed by atoms with E-state index in [1.807, 2.05) is 68.5 Å². The zero-order chi connectivity index (χ0) is 30.1. The Morgan fingerprint density at radius 1 is 0.977 bits per heavy atom. The van der Waals surface area contributed by atoms with Crippen molar-refractivity contribution >= 4 is 44.9 Å². The van der Waals surface area contributed by atoms with Gasteiger partial charge in [-0.05, 0) is 66.1 Å². The third-order valence-electron chi connectivity index (χ3n) is 7.43. The average Bonchev–Trinajstić information content (AvgIpc) is 3.30. The predicted octanol–water partition coefficient (Wildman–Crippen LogP) is 5.52. The number of benzene rings is 4. The number of hydrogen-bond donors (Lipinski definition) is 0. The number of rotatable bonds is 8. The Hall–Kier alpha value is -4.53. The number of carbonyl (C=O) groups excluding carboxylic acids is 1. The first kappa shape index (κ1) is 28.6. The normalized spacial score (nSPS) is 15.2. The molecule has 2 heterocycles. The Bertz CT molecular complexity index is 2020. The molecule has 218 valence electrons. The summed E-state index contributed by atoms with van der Waals surface area (Å²) in [6.45, 7) is 6.01. The molecule has 0 fully saturated rings. The summed E-state index contributed by atoms with van der Waals surface area (Å²) in [5.74, 6) is 0.0472. The van der Waals surface area contributed by atoms with Crippen molar-refractivity contribution in [3.05, 3.63) is 121 Å². The first-order valence-electron chi connectivity index (χ1n) is 14.2. The molecule has 0 amide bonds. The fourth-order valence-corrected chi connectivity index (χ4v) is 6.60. The highest BCUT2D eigenvalue weighted by atomic mass is 32.1. The quantitative estimate of drug-likeness (QED) is 0.135. The van der Waals surface area contributed by atoms with E-state index in [0.29, 0.717) is 31.9 Å². The van der Waals surface area contributed by atoms with Gasteiger partial charge in [-0.15, -0.1) is 0 Å². The van der Waals surface area contributed by atoms with Crippen LogP contribution in [-0.2, 0) is 14.3 Å². The number of ether oxygens (including phenoxy) is 3. The minimum Gasteiger partial charge on any atom is -0.491 e. The van der Waals surface area contributed by atoms with Gasteiger partial charge in [0.25, 0.3) is 5.56 Å². The number of hydrogen-bond acceptors (Lipinski definition) is 7. The monoisotopic (exact) mass is 592 g/mol. The van der Waals surface area contributed by atoms with Crippen molar-refractivity contribution in [2.45, 2.75) is 32.9 Å². The maximum absolute atomic E-state index is 14.4. The minimum atomic E-state index is -0.785. The van der Waals surface area contributed by atoms with Gasteiger partial charge in [-0.3, -0.25) is 9.36 Å². The molecule has 0 aliphatic carbocycles. The second-order valence-corrected chi connectivity index (χ2v) is 11.7. The fraction of sp³-hybridized carbons (Fsp3) is 0.229. The van der Waals surface area contributed by atoms with Gasteiger partial charge in [0.15, 0.2) is 4.80 Å². The summed E-state index contributed by atoms with van der Waals surface area (Å²) in [7, 11) is 1.55. The molecule has 4 aromatic carbocycles. The van der Waals surface area contributed by atoms with Gasteiger partial charge in [0.1, 0.15) is 18.4 Å². The maximum Gasteiger partial charge on any atom is 0.338 e. The highest BCUT2D eigenvalue weighted by Gasteiger charge is 2.35. The molecule has 0 radical (unpaired) electrons. The fourth-order valence-electron chi connectivity index (χ4n) is 5.58. The topological polar surface area (TPSA) is 79.1 Å². The zero-order valence-corrected chi connectivity index (χ0v) is 25.3. The molecular weight excluding hydrogens is 560 g/mol. The van der Waals surface area contributed by atoms with Gasteiger partial charge in [-0.2, -0.15) is 0 Å². The van der Waals surface area contributed by atoms with Gasteiger partial charge in [0.05, 0.1) is 28.5 Å². The lowest BCUT2D eigenvalue weighted by Gasteiger charge is -2.27. The van der Waals surface area contributed by atoms with E-state index in [1.165, 1.54) is 11.3 Å². The van der Waals surface area contributed by atoms with Crippen molar-refractivity contribution in [1.29, 1.82) is 0 Å². The second kappa shape index (κ2) is 12.0. The molecule has 0 unspecified atom stereocenters. The molecule has 0 N–H and O–H groups in total. The number of thiazole rings is 1. The van der Waals surface area contributed by atoms with E-state index in [-0.39, 0.29) is 24.9 Å². The van der Waals surface area contributed by atoms with Crippen LogP contribution >= 0.6 is 11.3 Å². The van der Waals surface area contributed by atoms with Crippen molar-refractivity contribution in [1.82, 2.24) is 4.57 Å². The summed E-state index contributed by atoms with van der Waals surface area (Å²) in [5.41, 5.74) is 2.21. The van der Waals surface area contributed by atoms with Crippen molar-refractivity contribution in [3.8, 4) is 5.75 Å². The van der Waals surface area contributed by atoms with E-state index in [2.05, 4.69) is 30.3 Å². The molecule has 1 aliphatic heterocycles. The molecule has 0 saturated heterocycles. The molecule has 7 nitrogen and oxygen atoms in total. The van der Waals surface area contributed by atoms with Gasteiger partial charge in [-0.25, -0.2) is 9.79 Å². The third-order valence-corrected chi connectivity index (χ3v) is 8.41. The number of esters is 1. The van der Waals surface area contributed by atoms with Crippen LogP contribution in [0.25, 0.3) is 27.6 Å². The molecule has 6 rings (SSSR count). The lowest BCUT2D eigenvalue weighted by atomic mass is 9.95. The van der Waals surface area contributed by atoms with Crippen LogP contribution in [0.4, 0.5) is 0 Å². The number of carbonyl (C=O) groups is 1. The smallest absolute Gasteiger partial charge is 0.338 e. The molecule has 8 heteroatoms. The van der Waals surface area contributed by atoms with E-state index in [4.69, 9.17) is 19.2 Å². The zero-order valence-electron chi connectivity index (χ0n) is 24.5. The van der Waals surface area contributed by atoms with Gasteiger partial charge < -0.3 is 14.2 Å². The summed E-state index contributed by atoms with van der Waals surface area (Å²) in [4.78, 5) is 33.2. The van der Waals surface area contributed by atoms with Crippen LogP contribution in [0.15, 0.2) is 99.9 Å². The maximum atomic E-state index is 14.4. The number of aromatic nitrogens is 1. The standard InChI is InChI=1S/C35H32N2O5S/c1-21(2)42-29-16-10-9-15-27(29)32-31(34(39)41-18-17-40-4)22(3)36-35-37(32)33(38)30(43-35)20-28-25-13-7-5-11-23(25)19-24-12-6-8-14-26(24)28/h5-16,19-21,32H,17-18H2,1-4H3/b30-20+/t32-/m1/s1. The number of fused-ring (bicyclic) bond motifs is 3. The Morgan fingerprint density at radius 3 is 2.30 bits per heavy atom. The number of nitrogens with zero attached hydrogens (tertiary/aromatic N) is 2. The summed E-state index contributed by atoms with van der Waals surface area (Å²) in [6.07, 6.45) is 1.84. The largest absolute Gasteiger partial charge is 0.491 e. The molecular formula is C35H32N2O5S. The SMILES string of the molecule is COCCOC(=O)C1=C(C)N=c2s/c(=C/c3c4ccccc4cc4ccccc34)c(=O)n2[C@@H]1c1ccccc1OC(C)C. The van der Waals surface area contributed by atoms with E-state index < -0.39 is 12.0 Å². The van der Waals surface area contributed by atoms with Gasteiger partial charge in [-0.1, -0.05) is 78.1 Å². The molecule has 43 heavy (non-hydrogen) atoms. The molecule has 1 atom stereocenters. The molecule has 5 aromatic rings. The molecule has 0 saturated carbocycles. The lowest BCUT2D eigenvalue weighted by Crippen LogP contribution is -2.40. The van der Waals surface area contributed by atoms with Crippen LogP contribution in [0.5, 0.6) is 5.75 Å². The Kier molecular flexibility index (Phi) is 7.97. The Labute approximate surface area is 253 Å². The first-order valence-corrected chi connectivity index (χ1v) is 15.0. The summed E-state index contributed by atoms with van der Waals surface area (Å²) in [6, 6.07) is 25.2. The lowest BCUT2D eigenvalue weighted by molar-refractivity contribution is -0.140. The molecule has 1 aromatic heterocycles. The van der Waals surface area contributed by atoms with Crippen LogP contribution in [-0.4, -0.2) is 37.0 Å². The number of methoxy groups -OCH3 is 1. The van der Waals surface area contributed by atoms with E-state index in [9.17, 15) is 9.59 Å². The van der Waals surface area contributed by atoms with Crippen LogP contribution in [0.3, 0.4) is 0 Å². The molecule has 0 spiro atoms. The van der Waals surface area contributed by atoms with Crippen molar-refractivity contribution in [3.63, 3.8) is 0 Å². The van der Waals surface area contributed by atoms with Gasteiger partial charge in [0, 0.05) is 12.7 Å². The average molecular weight is 593 g/mol. The molecule has 1 aliphatic rings. The summed E-state index contributed by atoms with van der Waals surface area (Å²) in [5, 5.41) is 4.29. The Morgan fingerprint density at radius 2 is 1.63 bits per heavy atom. The van der Waals surface area contributed by atoms with E-state index in [0.717, 1.165) is 27.1 Å². The second-order valence-electron chi connectivity index (χ2n) is 10.6. The van der Waals surface area contributed by atoms with Crippen molar-refractivity contribution in [2.75, 3.05) is 20.3 Å². The highest BCUT2D eigenvalue weighted by molar-refractivity contribution is 7.07. The van der Waals surface area contributed by atoms with E-state index in [1.54, 1.807) is 18.6 Å². The van der Waals surface area contributed by atoms with E-state index >= 15 is 0 Å². The van der Waals surface area contributed by atoms with Crippen molar-refractivity contribution < 1.29 is 19.0 Å². The predicted molar refractivity (Wildman–Crippen MR) is 170 cm³/mol. The highest BCUT2D eigenvalue weighted by Crippen LogP contribution is 2.36.